The minimum Gasteiger partial charge on any atom is -0.480 e. The number of aliphatic hydroxyl groups is 1. The summed E-state index contributed by atoms with van der Waals surface area (Å²) >= 11 is 4.03. The summed E-state index contributed by atoms with van der Waals surface area (Å²) in [7, 11) is 0. The van der Waals surface area contributed by atoms with Crippen LogP contribution < -0.4 is 33.2 Å². The lowest BCUT2D eigenvalue weighted by molar-refractivity contribution is -0.142. The predicted octanol–water partition coefficient (Wildman–Crippen LogP) is -2.97. The third-order valence-electron chi connectivity index (χ3n) is 4.49. The summed E-state index contributed by atoms with van der Waals surface area (Å²) in [6, 6.07) is -4.45. The number of rotatable bonds is 17. The zero-order valence-electron chi connectivity index (χ0n) is 17.6. The van der Waals surface area contributed by atoms with Gasteiger partial charge in [-0.25, -0.2) is 4.79 Å². The van der Waals surface area contributed by atoms with Crippen molar-refractivity contribution in [1.82, 2.24) is 16.0 Å². The smallest absolute Gasteiger partial charge is 0.326 e. The van der Waals surface area contributed by atoms with Crippen LogP contribution in [0.2, 0.25) is 0 Å². The summed E-state index contributed by atoms with van der Waals surface area (Å²) in [5.74, 6) is -3.34. The molecule has 0 radical (unpaired) electrons. The maximum absolute atomic E-state index is 12.7. The number of thiol groups is 1. The second-order valence-corrected chi connectivity index (χ2v) is 7.43. The molecule has 0 aromatic heterocycles. The van der Waals surface area contributed by atoms with E-state index in [1.807, 2.05) is 0 Å². The molecule has 0 fully saturated rings. The van der Waals surface area contributed by atoms with Crippen molar-refractivity contribution in [1.29, 1.82) is 0 Å². The molecule has 0 aromatic carbocycles. The third-order valence-corrected chi connectivity index (χ3v) is 4.86. The van der Waals surface area contributed by atoms with Gasteiger partial charge in [0.05, 0.1) is 6.61 Å². The molecule has 0 bridgehead atoms. The van der Waals surface area contributed by atoms with Gasteiger partial charge in [-0.3, -0.25) is 14.4 Å². The van der Waals surface area contributed by atoms with Gasteiger partial charge in [-0.15, -0.1) is 0 Å². The molecule has 4 atom stereocenters. The first-order valence-electron chi connectivity index (χ1n) is 10.2. The first kappa shape index (κ1) is 29.1. The summed E-state index contributed by atoms with van der Waals surface area (Å²) in [5, 5.41) is 25.6. The molecule has 13 heteroatoms. The largest absolute Gasteiger partial charge is 0.480 e. The topological polar surface area (TPSA) is 223 Å². The summed E-state index contributed by atoms with van der Waals surface area (Å²) < 4.78 is 0. The molecule has 31 heavy (non-hydrogen) atoms. The predicted molar refractivity (Wildman–Crippen MR) is 118 cm³/mol. The zero-order valence-corrected chi connectivity index (χ0v) is 18.5. The summed E-state index contributed by atoms with van der Waals surface area (Å²) in [4.78, 5) is 48.6. The zero-order chi connectivity index (χ0) is 23.8. The molecule has 0 heterocycles. The second kappa shape index (κ2) is 16.7. The van der Waals surface area contributed by atoms with Crippen LogP contribution >= 0.6 is 12.6 Å². The molecule has 0 aliphatic rings. The SMILES string of the molecule is NCCCCC(NC(=O)C(CCCCN)NC(=O)C(CS)NC(=O)C(N)CO)C(=O)O. The number of carboxylic acid groups (broad SMARTS) is 1. The number of hydrogen-bond acceptors (Lipinski definition) is 9. The molecule has 11 N–H and O–H groups in total. The van der Waals surface area contributed by atoms with Crippen LogP contribution in [0.15, 0.2) is 0 Å². The van der Waals surface area contributed by atoms with Crippen LogP contribution in [-0.4, -0.2) is 83.5 Å². The Morgan fingerprint density at radius 3 is 1.68 bits per heavy atom. The Morgan fingerprint density at radius 1 is 0.774 bits per heavy atom. The van der Waals surface area contributed by atoms with Crippen molar-refractivity contribution in [3.63, 3.8) is 0 Å². The lowest BCUT2D eigenvalue weighted by Crippen LogP contribution is -2.58. The molecule has 3 amide bonds. The van der Waals surface area contributed by atoms with Crippen molar-refractivity contribution in [2.45, 2.75) is 62.7 Å². The van der Waals surface area contributed by atoms with Gasteiger partial charge in [-0.1, -0.05) is 0 Å². The molecule has 0 spiro atoms. The number of nitrogens with one attached hydrogen (secondary N) is 3. The van der Waals surface area contributed by atoms with E-state index in [1.54, 1.807) is 0 Å². The molecule has 0 saturated carbocycles. The summed E-state index contributed by atoms with van der Waals surface area (Å²) in [5.41, 5.74) is 16.3. The van der Waals surface area contributed by atoms with Crippen LogP contribution in [0.5, 0.6) is 0 Å². The number of carbonyl (C=O) groups excluding carboxylic acids is 3. The molecule has 180 valence electrons. The van der Waals surface area contributed by atoms with E-state index in [4.69, 9.17) is 22.3 Å². The number of amides is 3. The number of carbonyl (C=O) groups is 4. The molecule has 0 aromatic rings. The van der Waals surface area contributed by atoms with Gasteiger partial charge in [-0.05, 0) is 51.6 Å². The first-order chi connectivity index (χ1) is 14.7. The molecule has 0 aliphatic heterocycles. The van der Waals surface area contributed by atoms with Gasteiger partial charge < -0.3 is 43.4 Å². The molecule has 4 unspecified atom stereocenters. The van der Waals surface area contributed by atoms with Crippen molar-refractivity contribution in [2.75, 3.05) is 25.4 Å². The molecule has 0 aliphatic carbocycles. The minimum absolute atomic E-state index is 0.0797. The first-order valence-corrected chi connectivity index (χ1v) is 10.9. The van der Waals surface area contributed by atoms with E-state index >= 15 is 0 Å². The molecule has 12 nitrogen and oxygen atoms in total. The fourth-order valence-corrected chi connectivity index (χ4v) is 2.87. The molecule has 0 saturated heterocycles. The van der Waals surface area contributed by atoms with E-state index in [1.165, 1.54) is 0 Å². The van der Waals surface area contributed by atoms with Gasteiger partial charge >= 0.3 is 5.97 Å². The molecule has 0 rings (SSSR count). The van der Waals surface area contributed by atoms with Gasteiger partial charge in [0.1, 0.15) is 24.2 Å². The normalized spacial score (nSPS) is 14.7. The number of nitrogens with two attached hydrogens (primary N) is 3. The highest BCUT2D eigenvalue weighted by Crippen LogP contribution is 2.06. The number of hydrogen-bond donors (Lipinski definition) is 9. The molecular weight excluding hydrogens is 428 g/mol. The average molecular weight is 465 g/mol. The Balaban J connectivity index is 5.19. The number of aliphatic hydroxyl groups excluding tert-OH is 1. The van der Waals surface area contributed by atoms with Crippen LogP contribution in [0.3, 0.4) is 0 Å². The monoisotopic (exact) mass is 464 g/mol. The van der Waals surface area contributed by atoms with Gasteiger partial charge in [-0.2, -0.15) is 12.6 Å². The fraction of sp³-hybridized carbons (Fsp3) is 0.778. The Bertz CT molecular complexity index is 582. The maximum Gasteiger partial charge on any atom is 0.326 e. The Kier molecular flexibility index (Phi) is 15.7. The lowest BCUT2D eigenvalue weighted by atomic mass is 10.1. The quantitative estimate of drug-likeness (QED) is 0.0790. The molecular formula is C18H36N6O6S. The van der Waals surface area contributed by atoms with E-state index in [-0.39, 0.29) is 18.6 Å². The Hall–Kier alpha value is -1.93. The van der Waals surface area contributed by atoms with E-state index in [2.05, 4.69) is 28.6 Å². The third kappa shape index (κ3) is 11.9. The summed E-state index contributed by atoms with van der Waals surface area (Å²) in [6.45, 7) is 0.208. The van der Waals surface area contributed by atoms with Crippen molar-refractivity contribution < 1.29 is 29.4 Å². The van der Waals surface area contributed by atoms with Gasteiger partial charge in [0.25, 0.3) is 0 Å². The number of carboxylic acids is 1. The second-order valence-electron chi connectivity index (χ2n) is 7.06. The van der Waals surface area contributed by atoms with Crippen molar-refractivity contribution >= 4 is 36.3 Å². The Morgan fingerprint density at radius 2 is 1.23 bits per heavy atom. The van der Waals surface area contributed by atoms with Crippen LogP contribution in [0.4, 0.5) is 0 Å². The van der Waals surface area contributed by atoms with E-state index in [0.717, 1.165) is 0 Å². The van der Waals surface area contributed by atoms with Gasteiger partial charge in [0.15, 0.2) is 0 Å². The van der Waals surface area contributed by atoms with E-state index in [9.17, 15) is 24.3 Å². The maximum atomic E-state index is 12.7. The lowest BCUT2D eigenvalue weighted by Gasteiger charge is -2.24. The number of aliphatic carboxylic acids is 1. The summed E-state index contributed by atoms with van der Waals surface area (Å²) in [6.07, 6.45) is 2.71. The standard InChI is InChI=1S/C18H36N6O6S/c19-7-3-1-5-12(16(27)23-13(18(29)30)6-2-4-8-20)22-17(28)14(10-31)24-15(26)11(21)9-25/h11-14,25,31H,1-10,19-21H2,(H,22,28)(H,23,27)(H,24,26)(H,29,30). The van der Waals surface area contributed by atoms with Crippen LogP contribution in [-0.2, 0) is 19.2 Å². The highest BCUT2D eigenvalue weighted by atomic mass is 32.1. The van der Waals surface area contributed by atoms with Crippen molar-refractivity contribution in [2.24, 2.45) is 17.2 Å². The van der Waals surface area contributed by atoms with Crippen LogP contribution in [0.1, 0.15) is 38.5 Å². The van der Waals surface area contributed by atoms with Crippen molar-refractivity contribution in [3.05, 3.63) is 0 Å². The van der Waals surface area contributed by atoms with Crippen LogP contribution in [0.25, 0.3) is 0 Å². The minimum atomic E-state index is -1.20. The van der Waals surface area contributed by atoms with Crippen LogP contribution in [0, 0.1) is 0 Å². The highest BCUT2D eigenvalue weighted by Gasteiger charge is 2.29. The Labute approximate surface area is 187 Å². The fourth-order valence-electron chi connectivity index (χ4n) is 2.61. The van der Waals surface area contributed by atoms with Gasteiger partial charge in [0, 0.05) is 5.75 Å². The van der Waals surface area contributed by atoms with Gasteiger partial charge in [0.2, 0.25) is 17.7 Å². The van der Waals surface area contributed by atoms with E-state index < -0.39 is 54.5 Å². The van der Waals surface area contributed by atoms with Crippen molar-refractivity contribution in [3.8, 4) is 0 Å². The number of unbranched alkanes of at least 4 members (excludes halogenated alkanes) is 2. The average Bonchev–Trinajstić information content (AvgIpc) is 2.74. The van der Waals surface area contributed by atoms with E-state index in [0.29, 0.717) is 38.8 Å². The highest BCUT2D eigenvalue weighted by molar-refractivity contribution is 7.80.